The van der Waals surface area contributed by atoms with Gasteiger partial charge in [-0.3, -0.25) is 4.79 Å². The molecule has 0 spiro atoms. The lowest BCUT2D eigenvalue weighted by Gasteiger charge is -2.37. The highest BCUT2D eigenvalue weighted by Crippen LogP contribution is 2.28. The number of hydrogen-bond donors (Lipinski definition) is 2. The Hall–Kier alpha value is -2.61. The Bertz CT molecular complexity index is 837. The standard InChI is InChI=1S/C24H36N4O4/c1-5-8-18-11-20-22(25-12-18)32-21(16(2)13-28(23(20)30)17(3)15-29)14-27(4)24(31)26-19-9-6-7-10-19/h5,8,11-12,16-17,19,21,29H,6-7,9-10,13-15H2,1-4H3,(H,26,31)/b8-5+/t16-,17+,21+/m1/s1. The van der Waals surface area contributed by atoms with Crippen LogP contribution in [0.5, 0.6) is 5.88 Å². The van der Waals surface area contributed by atoms with Crippen molar-refractivity contribution in [2.24, 2.45) is 5.92 Å². The fourth-order valence-electron chi connectivity index (χ4n) is 4.33. The summed E-state index contributed by atoms with van der Waals surface area (Å²) in [6.45, 7) is 6.37. The molecule has 1 saturated carbocycles. The van der Waals surface area contributed by atoms with Crippen molar-refractivity contribution in [3.8, 4) is 5.88 Å². The molecule has 0 aromatic carbocycles. The Labute approximate surface area is 190 Å². The van der Waals surface area contributed by atoms with Gasteiger partial charge in [0.1, 0.15) is 11.7 Å². The molecule has 176 valence electrons. The second-order valence-electron chi connectivity index (χ2n) is 9.06. The first-order chi connectivity index (χ1) is 15.3. The zero-order chi connectivity index (χ0) is 23.3. The highest BCUT2D eigenvalue weighted by atomic mass is 16.5. The monoisotopic (exact) mass is 444 g/mol. The van der Waals surface area contributed by atoms with Crippen LogP contribution in [-0.4, -0.2) is 76.8 Å². The van der Waals surface area contributed by atoms with Gasteiger partial charge in [-0.25, -0.2) is 9.78 Å². The van der Waals surface area contributed by atoms with E-state index in [0.717, 1.165) is 31.2 Å². The van der Waals surface area contributed by atoms with E-state index in [1.54, 1.807) is 29.1 Å². The minimum atomic E-state index is -0.352. The number of fused-ring (bicyclic) bond motifs is 1. The predicted molar refractivity (Wildman–Crippen MR) is 124 cm³/mol. The highest BCUT2D eigenvalue weighted by molar-refractivity contribution is 5.97. The number of aliphatic hydroxyl groups is 1. The number of aromatic nitrogens is 1. The molecule has 1 aliphatic carbocycles. The lowest BCUT2D eigenvalue weighted by molar-refractivity contribution is 0.0351. The maximum Gasteiger partial charge on any atom is 0.317 e. The van der Waals surface area contributed by atoms with Crippen molar-refractivity contribution in [3.05, 3.63) is 29.5 Å². The zero-order valence-corrected chi connectivity index (χ0v) is 19.6. The molecule has 1 aromatic rings. The summed E-state index contributed by atoms with van der Waals surface area (Å²) >= 11 is 0. The molecule has 0 bridgehead atoms. The second-order valence-corrected chi connectivity index (χ2v) is 9.06. The maximum atomic E-state index is 13.3. The Morgan fingerprint density at radius 3 is 2.81 bits per heavy atom. The Balaban J connectivity index is 1.85. The molecule has 32 heavy (non-hydrogen) atoms. The van der Waals surface area contributed by atoms with Gasteiger partial charge in [-0.2, -0.15) is 0 Å². The molecular formula is C24H36N4O4. The predicted octanol–water partition coefficient (Wildman–Crippen LogP) is 2.92. The molecule has 0 saturated heterocycles. The lowest BCUT2D eigenvalue weighted by Crippen LogP contribution is -2.52. The number of urea groups is 1. The van der Waals surface area contributed by atoms with E-state index in [1.165, 1.54) is 0 Å². The normalized spacial score (nSPS) is 22.8. The molecule has 2 N–H and O–H groups in total. The highest BCUT2D eigenvalue weighted by Gasteiger charge is 2.34. The number of ether oxygens (including phenoxy) is 1. The summed E-state index contributed by atoms with van der Waals surface area (Å²) in [6, 6.07) is 1.56. The smallest absolute Gasteiger partial charge is 0.317 e. The first-order valence-electron chi connectivity index (χ1n) is 11.6. The van der Waals surface area contributed by atoms with Gasteiger partial charge < -0.3 is 25.0 Å². The van der Waals surface area contributed by atoms with Crippen LogP contribution in [0.25, 0.3) is 6.08 Å². The molecule has 1 aliphatic heterocycles. The van der Waals surface area contributed by atoms with E-state index in [0.29, 0.717) is 18.7 Å². The van der Waals surface area contributed by atoms with E-state index < -0.39 is 0 Å². The number of amides is 3. The summed E-state index contributed by atoms with van der Waals surface area (Å²) in [5.74, 6) is -0.0163. The van der Waals surface area contributed by atoms with E-state index in [2.05, 4.69) is 10.3 Å². The summed E-state index contributed by atoms with van der Waals surface area (Å²) < 4.78 is 6.24. The van der Waals surface area contributed by atoms with Crippen molar-refractivity contribution < 1.29 is 19.4 Å². The maximum absolute atomic E-state index is 13.3. The van der Waals surface area contributed by atoms with Crippen molar-refractivity contribution in [2.75, 3.05) is 26.7 Å². The van der Waals surface area contributed by atoms with Gasteiger partial charge in [-0.05, 0) is 38.3 Å². The van der Waals surface area contributed by atoms with Crippen LogP contribution in [0.1, 0.15) is 62.4 Å². The first kappa shape index (κ1) is 24.0. The minimum Gasteiger partial charge on any atom is -0.472 e. The average Bonchev–Trinajstić information content (AvgIpc) is 3.29. The van der Waals surface area contributed by atoms with Crippen LogP contribution >= 0.6 is 0 Å². The van der Waals surface area contributed by atoms with E-state index in [1.807, 2.05) is 32.9 Å². The van der Waals surface area contributed by atoms with Crippen molar-refractivity contribution >= 4 is 18.0 Å². The number of allylic oxidation sites excluding steroid dienone is 1. The number of nitrogens with one attached hydrogen (secondary N) is 1. The molecule has 3 atom stereocenters. The van der Waals surface area contributed by atoms with Gasteiger partial charge in [0.05, 0.1) is 19.2 Å². The number of carbonyl (C=O) groups is 2. The first-order valence-corrected chi connectivity index (χ1v) is 11.6. The quantitative estimate of drug-likeness (QED) is 0.704. The van der Waals surface area contributed by atoms with Crippen molar-refractivity contribution in [1.82, 2.24) is 20.1 Å². The number of pyridine rings is 1. The van der Waals surface area contributed by atoms with Crippen molar-refractivity contribution in [1.29, 1.82) is 0 Å². The van der Waals surface area contributed by atoms with E-state index >= 15 is 0 Å². The van der Waals surface area contributed by atoms with Gasteiger partial charge in [0.2, 0.25) is 5.88 Å². The number of aliphatic hydroxyl groups excluding tert-OH is 1. The van der Waals surface area contributed by atoms with Gasteiger partial charge in [0.15, 0.2) is 0 Å². The zero-order valence-electron chi connectivity index (χ0n) is 19.6. The summed E-state index contributed by atoms with van der Waals surface area (Å²) in [6.07, 6.45) is 9.44. The third-order valence-electron chi connectivity index (χ3n) is 6.38. The van der Waals surface area contributed by atoms with Crippen LogP contribution in [-0.2, 0) is 0 Å². The molecule has 3 amide bonds. The molecule has 8 nitrogen and oxygen atoms in total. The average molecular weight is 445 g/mol. The number of carbonyl (C=O) groups excluding carboxylic acids is 2. The molecule has 8 heteroatoms. The van der Waals surface area contributed by atoms with Crippen LogP contribution in [0.4, 0.5) is 4.79 Å². The lowest BCUT2D eigenvalue weighted by atomic mass is 10.00. The fourth-order valence-corrected chi connectivity index (χ4v) is 4.33. The molecule has 2 heterocycles. The summed E-state index contributed by atoms with van der Waals surface area (Å²) in [5, 5.41) is 12.9. The molecule has 3 rings (SSSR count). The van der Waals surface area contributed by atoms with E-state index in [4.69, 9.17) is 4.74 Å². The fraction of sp³-hybridized carbons (Fsp3) is 0.625. The molecule has 1 aromatic heterocycles. The number of nitrogens with zero attached hydrogens (tertiary/aromatic N) is 3. The number of likely N-dealkylation sites (N-methyl/N-ethyl adjacent to an activating group) is 1. The van der Waals surface area contributed by atoms with Crippen LogP contribution < -0.4 is 10.1 Å². The SMILES string of the molecule is C/C=C/c1cnc2c(c1)C(=O)N([C@@H](C)CO)C[C@@H](C)[C@H](CN(C)C(=O)NC1CCCC1)O2. The molecule has 0 unspecified atom stereocenters. The minimum absolute atomic E-state index is 0.0696. The topological polar surface area (TPSA) is 95.0 Å². The Morgan fingerprint density at radius 1 is 1.44 bits per heavy atom. The van der Waals surface area contributed by atoms with Gasteiger partial charge in [-0.1, -0.05) is 31.9 Å². The number of hydrogen-bond acceptors (Lipinski definition) is 5. The third-order valence-corrected chi connectivity index (χ3v) is 6.38. The van der Waals surface area contributed by atoms with Gasteiger partial charge >= 0.3 is 6.03 Å². The summed E-state index contributed by atoms with van der Waals surface area (Å²) in [5.41, 5.74) is 1.17. The molecular weight excluding hydrogens is 408 g/mol. The van der Waals surface area contributed by atoms with Gasteiger partial charge in [0.25, 0.3) is 5.91 Å². The van der Waals surface area contributed by atoms with Crippen LogP contribution in [0, 0.1) is 5.92 Å². The molecule has 0 radical (unpaired) electrons. The second kappa shape index (κ2) is 10.8. The van der Waals surface area contributed by atoms with Gasteiger partial charge in [0, 0.05) is 31.7 Å². The van der Waals surface area contributed by atoms with Crippen molar-refractivity contribution in [2.45, 2.75) is 64.6 Å². The molecule has 1 fully saturated rings. The van der Waals surface area contributed by atoms with E-state index in [-0.39, 0.29) is 48.5 Å². The van der Waals surface area contributed by atoms with Crippen LogP contribution in [0.15, 0.2) is 18.3 Å². The van der Waals surface area contributed by atoms with Crippen LogP contribution in [0.2, 0.25) is 0 Å². The summed E-state index contributed by atoms with van der Waals surface area (Å²) in [4.78, 5) is 33.8. The summed E-state index contributed by atoms with van der Waals surface area (Å²) in [7, 11) is 1.77. The van der Waals surface area contributed by atoms with Crippen molar-refractivity contribution in [3.63, 3.8) is 0 Å². The van der Waals surface area contributed by atoms with E-state index in [9.17, 15) is 14.7 Å². The largest absolute Gasteiger partial charge is 0.472 e. The third kappa shape index (κ3) is 5.59. The Morgan fingerprint density at radius 2 is 2.16 bits per heavy atom. The van der Waals surface area contributed by atoms with Crippen LogP contribution in [0.3, 0.4) is 0 Å². The van der Waals surface area contributed by atoms with Gasteiger partial charge in [-0.15, -0.1) is 0 Å². The molecule has 2 aliphatic rings. The Kier molecular flexibility index (Phi) is 8.12. The number of rotatable bonds is 6.